The van der Waals surface area contributed by atoms with Gasteiger partial charge in [0.1, 0.15) is 5.75 Å². The van der Waals surface area contributed by atoms with Crippen molar-refractivity contribution in [3.05, 3.63) is 18.2 Å². The van der Waals surface area contributed by atoms with Crippen LogP contribution in [0.5, 0.6) is 5.75 Å². The molecule has 0 saturated heterocycles. The molecule has 1 amide bonds. The van der Waals surface area contributed by atoms with Crippen LogP contribution in [-0.2, 0) is 4.79 Å². The Morgan fingerprint density at radius 2 is 2.20 bits per heavy atom. The number of carbonyl (C=O) groups excluding carboxylic acids is 1. The lowest BCUT2D eigenvalue weighted by Gasteiger charge is -2.20. The van der Waals surface area contributed by atoms with Gasteiger partial charge in [-0.05, 0) is 31.2 Å². The van der Waals surface area contributed by atoms with Gasteiger partial charge in [-0.1, -0.05) is 6.92 Å². The van der Waals surface area contributed by atoms with Crippen LogP contribution in [0.4, 0.5) is 11.4 Å². The molecule has 6 heteroatoms. The Bertz CT molecular complexity index is 432. The monoisotopic (exact) mass is 281 g/mol. The van der Waals surface area contributed by atoms with Crippen LogP contribution in [0.2, 0.25) is 0 Å². The summed E-state index contributed by atoms with van der Waals surface area (Å²) in [5.74, 6) is 0.410. The number of nitrogens with zero attached hydrogens (tertiary/aromatic N) is 1. The highest BCUT2D eigenvalue weighted by Gasteiger charge is 2.12. The SMILES string of the molecule is CCCN(CCO)CC(=O)Nc1cc(N)ccc1OC. The first-order valence-corrected chi connectivity index (χ1v) is 6.67. The minimum absolute atomic E-state index is 0.0366. The number of anilines is 2. The maximum atomic E-state index is 12.0. The molecular weight excluding hydrogens is 258 g/mol. The zero-order chi connectivity index (χ0) is 15.0. The zero-order valence-electron chi connectivity index (χ0n) is 12.1. The summed E-state index contributed by atoms with van der Waals surface area (Å²) in [5.41, 5.74) is 6.82. The van der Waals surface area contributed by atoms with Crippen molar-refractivity contribution in [2.24, 2.45) is 0 Å². The van der Waals surface area contributed by atoms with E-state index in [2.05, 4.69) is 5.32 Å². The van der Waals surface area contributed by atoms with Crippen LogP contribution in [-0.4, -0.2) is 49.3 Å². The molecule has 0 unspecified atom stereocenters. The number of methoxy groups -OCH3 is 1. The molecule has 0 aromatic heterocycles. The Hall–Kier alpha value is -1.79. The first-order valence-electron chi connectivity index (χ1n) is 6.67. The van der Waals surface area contributed by atoms with E-state index in [9.17, 15) is 4.79 Å². The molecule has 1 aromatic carbocycles. The van der Waals surface area contributed by atoms with Crippen LogP contribution in [0.15, 0.2) is 18.2 Å². The van der Waals surface area contributed by atoms with E-state index in [0.717, 1.165) is 13.0 Å². The van der Waals surface area contributed by atoms with Crippen molar-refractivity contribution in [2.45, 2.75) is 13.3 Å². The maximum absolute atomic E-state index is 12.0. The standard InChI is InChI=1S/C14H23N3O3/c1-3-6-17(7-8-18)10-14(19)16-12-9-11(15)4-5-13(12)20-2/h4-5,9,18H,3,6-8,10,15H2,1-2H3,(H,16,19). The molecule has 1 rings (SSSR count). The molecule has 4 N–H and O–H groups in total. The van der Waals surface area contributed by atoms with Crippen molar-refractivity contribution < 1.29 is 14.6 Å². The van der Waals surface area contributed by atoms with E-state index in [1.165, 1.54) is 7.11 Å². The summed E-state index contributed by atoms with van der Waals surface area (Å²) >= 11 is 0. The highest BCUT2D eigenvalue weighted by Crippen LogP contribution is 2.26. The van der Waals surface area contributed by atoms with E-state index in [4.69, 9.17) is 15.6 Å². The van der Waals surface area contributed by atoms with Gasteiger partial charge in [0, 0.05) is 12.2 Å². The van der Waals surface area contributed by atoms with Gasteiger partial charge < -0.3 is 20.9 Å². The van der Waals surface area contributed by atoms with E-state index >= 15 is 0 Å². The first-order chi connectivity index (χ1) is 9.60. The lowest BCUT2D eigenvalue weighted by Crippen LogP contribution is -2.35. The second-order valence-electron chi connectivity index (χ2n) is 4.51. The second-order valence-corrected chi connectivity index (χ2v) is 4.51. The number of benzene rings is 1. The third-order valence-electron chi connectivity index (χ3n) is 2.82. The molecule has 0 saturated carbocycles. The van der Waals surface area contributed by atoms with Gasteiger partial charge in [0.15, 0.2) is 0 Å². The molecule has 0 aliphatic carbocycles. The summed E-state index contributed by atoms with van der Waals surface area (Å²) in [4.78, 5) is 13.9. The molecule has 20 heavy (non-hydrogen) atoms. The molecule has 0 atom stereocenters. The van der Waals surface area contributed by atoms with Crippen LogP contribution in [0, 0.1) is 0 Å². The van der Waals surface area contributed by atoms with Crippen molar-refractivity contribution >= 4 is 17.3 Å². The van der Waals surface area contributed by atoms with Gasteiger partial charge >= 0.3 is 0 Å². The molecule has 0 bridgehead atoms. The summed E-state index contributed by atoms with van der Waals surface area (Å²) in [6, 6.07) is 5.08. The van der Waals surface area contributed by atoms with E-state index in [1.807, 2.05) is 11.8 Å². The molecule has 0 spiro atoms. The number of rotatable bonds is 8. The second kappa shape index (κ2) is 8.39. The van der Waals surface area contributed by atoms with Crippen LogP contribution in [0.3, 0.4) is 0 Å². The smallest absolute Gasteiger partial charge is 0.238 e. The number of ether oxygens (including phenoxy) is 1. The van der Waals surface area contributed by atoms with Crippen molar-refractivity contribution in [2.75, 3.05) is 44.4 Å². The van der Waals surface area contributed by atoms with Gasteiger partial charge in [-0.3, -0.25) is 9.69 Å². The third kappa shape index (κ3) is 5.07. The fourth-order valence-electron chi connectivity index (χ4n) is 1.94. The highest BCUT2D eigenvalue weighted by molar-refractivity contribution is 5.94. The minimum Gasteiger partial charge on any atom is -0.495 e. The Labute approximate surface area is 119 Å². The van der Waals surface area contributed by atoms with Crippen LogP contribution >= 0.6 is 0 Å². The third-order valence-corrected chi connectivity index (χ3v) is 2.82. The summed E-state index contributed by atoms with van der Waals surface area (Å²) in [5, 5.41) is 11.8. The lowest BCUT2D eigenvalue weighted by atomic mass is 10.2. The van der Waals surface area contributed by atoms with Crippen molar-refractivity contribution in [3.63, 3.8) is 0 Å². The van der Waals surface area contributed by atoms with Crippen LogP contribution < -0.4 is 15.8 Å². The van der Waals surface area contributed by atoms with Crippen molar-refractivity contribution in [3.8, 4) is 5.75 Å². The predicted octanol–water partition coefficient (Wildman–Crippen LogP) is 0.920. The number of aliphatic hydroxyl groups is 1. The molecule has 0 fully saturated rings. The lowest BCUT2D eigenvalue weighted by molar-refractivity contribution is -0.117. The molecule has 1 aromatic rings. The fraction of sp³-hybridized carbons (Fsp3) is 0.500. The number of amides is 1. The topological polar surface area (TPSA) is 87.8 Å². The predicted molar refractivity (Wildman–Crippen MR) is 79.9 cm³/mol. The molecule has 0 aliphatic rings. The van der Waals surface area contributed by atoms with Gasteiger partial charge in [0.05, 0.1) is 25.9 Å². The van der Waals surface area contributed by atoms with Crippen LogP contribution in [0.25, 0.3) is 0 Å². The number of nitrogens with two attached hydrogens (primary N) is 1. The molecular formula is C14H23N3O3. The summed E-state index contributed by atoms with van der Waals surface area (Å²) in [6.45, 7) is 3.54. The number of nitrogen functional groups attached to an aromatic ring is 1. The quantitative estimate of drug-likeness (QED) is 0.617. The molecule has 6 nitrogen and oxygen atoms in total. The Morgan fingerprint density at radius 3 is 2.80 bits per heavy atom. The zero-order valence-corrected chi connectivity index (χ0v) is 12.1. The summed E-state index contributed by atoms with van der Waals surface area (Å²) in [7, 11) is 1.54. The van der Waals surface area contributed by atoms with E-state index in [1.54, 1.807) is 18.2 Å². The molecule has 0 radical (unpaired) electrons. The van der Waals surface area contributed by atoms with Crippen molar-refractivity contribution in [1.29, 1.82) is 0 Å². The Morgan fingerprint density at radius 1 is 1.45 bits per heavy atom. The largest absolute Gasteiger partial charge is 0.495 e. The molecule has 0 heterocycles. The van der Waals surface area contributed by atoms with Gasteiger partial charge in [0.2, 0.25) is 5.91 Å². The van der Waals surface area contributed by atoms with Gasteiger partial charge in [-0.25, -0.2) is 0 Å². The average molecular weight is 281 g/mol. The summed E-state index contributed by atoms with van der Waals surface area (Å²) < 4.78 is 5.18. The number of aliphatic hydroxyl groups excluding tert-OH is 1. The van der Waals surface area contributed by atoms with E-state index < -0.39 is 0 Å². The molecule has 0 aliphatic heterocycles. The van der Waals surface area contributed by atoms with Crippen molar-refractivity contribution in [1.82, 2.24) is 4.90 Å². The number of hydrogen-bond donors (Lipinski definition) is 3. The van der Waals surface area contributed by atoms with Gasteiger partial charge in [-0.15, -0.1) is 0 Å². The van der Waals surface area contributed by atoms with Gasteiger partial charge in [0.25, 0.3) is 0 Å². The number of carbonyl (C=O) groups is 1. The first kappa shape index (κ1) is 16.3. The minimum atomic E-state index is -0.157. The Balaban J connectivity index is 2.67. The summed E-state index contributed by atoms with van der Waals surface area (Å²) in [6.07, 6.45) is 0.925. The van der Waals surface area contributed by atoms with E-state index in [0.29, 0.717) is 23.7 Å². The highest BCUT2D eigenvalue weighted by atomic mass is 16.5. The normalized spacial score (nSPS) is 10.6. The van der Waals surface area contributed by atoms with E-state index in [-0.39, 0.29) is 19.1 Å². The van der Waals surface area contributed by atoms with Gasteiger partial charge in [-0.2, -0.15) is 0 Å². The Kier molecular flexibility index (Phi) is 6.83. The molecule has 112 valence electrons. The maximum Gasteiger partial charge on any atom is 0.238 e. The number of hydrogen-bond acceptors (Lipinski definition) is 5. The fourth-order valence-corrected chi connectivity index (χ4v) is 1.94. The average Bonchev–Trinajstić information content (AvgIpc) is 2.39. The van der Waals surface area contributed by atoms with Crippen LogP contribution in [0.1, 0.15) is 13.3 Å². The number of nitrogens with one attached hydrogen (secondary N) is 1.